The summed E-state index contributed by atoms with van der Waals surface area (Å²) in [6.07, 6.45) is 2.80. The van der Waals surface area contributed by atoms with Gasteiger partial charge >= 0.3 is 0 Å². The number of rotatable bonds is 4. The third kappa shape index (κ3) is 6.62. The lowest BCUT2D eigenvalue weighted by Gasteiger charge is -2.08. The maximum absolute atomic E-state index is 2.46. The molecule has 1 heteroatoms. The summed E-state index contributed by atoms with van der Waals surface area (Å²) in [6, 6.07) is 0. The average Bonchev–Trinajstić information content (AvgIpc) is 1.83. The summed E-state index contributed by atoms with van der Waals surface area (Å²) in [7, 11) is 0. The van der Waals surface area contributed by atoms with Crippen molar-refractivity contribution < 1.29 is 0 Å². The van der Waals surface area contributed by atoms with Gasteiger partial charge in [0.25, 0.3) is 0 Å². The van der Waals surface area contributed by atoms with E-state index in [1.807, 2.05) is 0 Å². The molecule has 0 amide bonds. The zero-order valence-electron chi connectivity index (χ0n) is 6.65. The zero-order valence-corrected chi connectivity index (χ0v) is 8.81. The Bertz CT molecular complexity index is 59.6. The minimum atomic E-state index is 0.885. The van der Waals surface area contributed by atoms with E-state index in [2.05, 4.69) is 43.4 Å². The van der Waals surface area contributed by atoms with Crippen LogP contribution in [0.15, 0.2) is 0 Å². The van der Waals surface area contributed by atoms with Crippen molar-refractivity contribution >= 4 is 22.6 Å². The molecule has 1 unspecified atom stereocenters. The summed E-state index contributed by atoms with van der Waals surface area (Å²) in [5, 5.41) is 0. The smallest absolute Gasteiger partial charge is 0.00210 e. The average molecular weight is 240 g/mol. The maximum Gasteiger partial charge on any atom is 0.00210 e. The lowest BCUT2D eigenvalue weighted by Crippen LogP contribution is -1.97. The van der Waals surface area contributed by atoms with Crippen LogP contribution in [-0.4, -0.2) is 4.43 Å². The molecule has 56 valence electrons. The first kappa shape index (κ1) is 9.73. The Morgan fingerprint density at radius 2 is 1.67 bits per heavy atom. The molecule has 0 nitrogen and oxygen atoms in total. The van der Waals surface area contributed by atoms with E-state index >= 15 is 0 Å². The Balaban J connectivity index is 3.06. The van der Waals surface area contributed by atoms with Crippen LogP contribution in [0.25, 0.3) is 0 Å². The zero-order chi connectivity index (χ0) is 7.28. The summed E-state index contributed by atoms with van der Waals surface area (Å²) >= 11 is 2.46. The molecule has 0 aromatic heterocycles. The summed E-state index contributed by atoms with van der Waals surface area (Å²) < 4.78 is 1.31. The molecule has 0 heterocycles. The van der Waals surface area contributed by atoms with E-state index < -0.39 is 0 Å². The third-order valence-electron chi connectivity index (χ3n) is 1.50. The number of hydrogen-bond acceptors (Lipinski definition) is 0. The van der Waals surface area contributed by atoms with E-state index in [0.717, 1.165) is 11.8 Å². The quantitative estimate of drug-likeness (QED) is 0.521. The Kier molecular flexibility index (Phi) is 5.96. The lowest BCUT2D eigenvalue weighted by atomic mass is 10.0. The monoisotopic (exact) mass is 240 g/mol. The Labute approximate surface area is 72.6 Å². The van der Waals surface area contributed by atoms with Crippen LogP contribution in [-0.2, 0) is 0 Å². The van der Waals surface area contributed by atoms with Crippen molar-refractivity contribution in [2.45, 2.75) is 33.6 Å². The van der Waals surface area contributed by atoms with E-state index in [0.29, 0.717) is 0 Å². The molecule has 0 rings (SSSR count). The third-order valence-corrected chi connectivity index (χ3v) is 3.00. The van der Waals surface area contributed by atoms with Gasteiger partial charge in [0.05, 0.1) is 0 Å². The van der Waals surface area contributed by atoms with Gasteiger partial charge in [0.1, 0.15) is 0 Å². The molecular weight excluding hydrogens is 223 g/mol. The summed E-state index contributed by atoms with van der Waals surface area (Å²) in [6.45, 7) is 6.91. The van der Waals surface area contributed by atoms with Crippen molar-refractivity contribution in [2.24, 2.45) is 11.8 Å². The van der Waals surface area contributed by atoms with Crippen LogP contribution in [0.2, 0.25) is 0 Å². The topological polar surface area (TPSA) is 0 Å². The maximum atomic E-state index is 2.46. The predicted octanol–water partition coefficient (Wildman–Crippen LogP) is 3.49. The molecule has 0 fully saturated rings. The molecule has 0 saturated heterocycles. The highest BCUT2D eigenvalue weighted by molar-refractivity contribution is 14.1. The van der Waals surface area contributed by atoms with E-state index in [1.54, 1.807) is 0 Å². The van der Waals surface area contributed by atoms with Crippen molar-refractivity contribution in [3.8, 4) is 0 Å². The van der Waals surface area contributed by atoms with Gasteiger partial charge in [-0.3, -0.25) is 0 Å². The molecule has 0 aromatic rings. The second kappa shape index (κ2) is 5.51. The van der Waals surface area contributed by atoms with Gasteiger partial charge in [-0.1, -0.05) is 49.8 Å². The van der Waals surface area contributed by atoms with Gasteiger partial charge in [0, 0.05) is 4.43 Å². The van der Waals surface area contributed by atoms with Crippen LogP contribution in [0.1, 0.15) is 33.6 Å². The fraction of sp³-hybridized carbons (Fsp3) is 1.00. The molecule has 0 N–H and O–H groups in total. The number of hydrogen-bond donors (Lipinski definition) is 0. The SMILES string of the molecule is CC(C)CCC(C)CI. The minimum absolute atomic E-state index is 0.885. The molecule has 0 bridgehead atoms. The van der Waals surface area contributed by atoms with Crippen molar-refractivity contribution in [3.63, 3.8) is 0 Å². The Morgan fingerprint density at radius 3 is 2.00 bits per heavy atom. The van der Waals surface area contributed by atoms with Gasteiger partial charge in [0.15, 0.2) is 0 Å². The lowest BCUT2D eigenvalue weighted by molar-refractivity contribution is 0.483. The van der Waals surface area contributed by atoms with Gasteiger partial charge in [-0.2, -0.15) is 0 Å². The molecule has 0 aliphatic rings. The van der Waals surface area contributed by atoms with Crippen LogP contribution < -0.4 is 0 Å². The van der Waals surface area contributed by atoms with Gasteiger partial charge in [-0.15, -0.1) is 0 Å². The van der Waals surface area contributed by atoms with E-state index in [1.165, 1.54) is 17.3 Å². The molecule has 0 saturated carbocycles. The van der Waals surface area contributed by atoms with Crippen molar-refractivity contribution in [1.29, 1.82) is 0 Å². The number of halogens is 1. The van der Waals surface area contributed by atoms with Crippen molar-refractivity contribution in [2.75, 3.05) is 4.43 Å². The second-order valence-corrected chi connectivity index (χ2v) is 4.11. The molecule has 0 spiro atoms. The molecular formula is C8H17I. The molecule has 0 radical (unpaired) electrons. The van der Waals surface area contributed by atoms with E-state index in [9.17, 15) is 0 Å². The minimum Gasteiger partial charge on any atom is -0.0861 e. The highest BCUT2D eigenvalue weighted by Gasteiger charge is 2.00. The van der Waals surface area contributed by atoms with Crippen LogP contribution in [0, 0.1) is 11.8 Å². The Morgan fingerprint density at radius 1 is 1.11 bits per heavy atom. The highest BCUT2D eigenvalue weighted by Crippen LogP contribution is 2.13. The molecule has 0 aromatic carbocycles. The molecule has 9 heavy (non-hydrogen) atoms. The van der Waals surface area contributed by atoms with Gasteiger partial charge in [-0.25, -0.2) is 0 Å². The van der Waals surface area contributed by atoms with Crippen molar-refractivity contribution in [3.05, 3.63) is 0 Å². The first-order valence-corrected chi connectivity index (χ1v) is 5.25. The fourth-order valence-electron chi connectivity index (χ4n) is 0.695. The normalized spacial score (nSPS) is 14.3. The second-order valence-electron chi connectivity index (χ2n) is 3.23. The standard InChI is InChI=1S/C8H17I/c1-7(2)4-5-8(3)6-9/h7-8H,4-6H2,1-3H3. The summed E-state index contributed by atoms with van der Waals surface area (Å²) in [4.78, 5) is 0. The van der Waals surface area contributed by atoms with Crippen LogP contribution >= 0.6 is 22.6 Å². The van der Waals surface area contributed by atoms with E-state index in [-0.39, 0.29) is 0 Å². The highest BCUT2D eigenvalue weighted by atomic mass is 127. The fourth-order valence-corrected chi connectivity index (χ4v) is 1.14. The van der Waals surface area contributed by atoms with Gasteiger partial charge in [-0.05, 0) is 18.3 Å². The Hall–Kier alpha value is 0.730. The first-order valence-electron chi connectivity index (χ1n) is 3.72. The number of alkyl halides is 1. The van der Waals surface area contributed by atoms with Gasteiger partial charge < -0.3 is 0 Å². The molecule has 0 aliphatic heterocycles. The van der Waals surface area contributed by atoms with Crippen LogP contribution in [0.4, 0.5) is 0 Å². The van der Waals surface area contributed by atoms with Crippen LogP contribution in [0.3, 0.4) is 0 Å². The first-order chi connectivity index (χ1) is 4.16. The molecule has 1 atom stereocenters. The van der Waals surface area contributed by atoms with E-state index in [4.69, 9.17) is 0 Å². The van der Waals surface area contributed by atoms with Crippen molar-refractivity contribution in [1.82, 2.24) is 0 Å². The van der Waals surface area contributed by atoms with Gasteiger partial charge in [0.2, 0.25) is 0 Å². The largest absolute Gasteiger partial charge is 0.0861 e. The summed E-state index contributed by atoms with van der Waals surface area (Å²) in [5.41, 5.74) is 0. The predicted molar refractivity (Wildman–Crippen MR) is 52.1 cm³/mol. The molecule has 0 aliphatic carbocycles. The summed E-state index contributed by atoms with van der Waals surface area (Å²) in [5.74, 6) is 1.81. The van der Waals surface area contributed by atoms with Crippen LogP contribution in [0.5, 0.6) is 0 Å².